The average molecular weight is 349 g/mol. The van der Waals surface area contributed by atoms with Crippen LogP contribution in [0.25, 0.3) is 0 Å². The third-order valence-electron chi connectivity index (χ3n) is 2.89. The fraction of sp³-hybridized carbons (Fsp3) is 0.133. The lowest BCUT2D eigenvalue weighted by atomic mass is 10.1. The van der Waals surface area contributed by atoms with E-state index in [9.17, 15) is 9.59 Å². The highest BCUT2D eigenvalue weighted by Crippen LogP contribution is 2.24. The molecule has 2 aromatic rings. The molecule has 21 heavy (non-hydrogen) atoms. The number of nitrogens with zero attached hydrogens (tertiary/aromatic N) is 1. The molecule has 0 aliphatic rings. The Kier molecular flexibility index (Phi) is 4.70. The minimum Gasteiger partial charge on any atom is -0.465 e. The summed E-state index contributed by atoms with van der Waals surface area (Å²) in [7, 11) is 1.32. The summed E-state index contributed by atoms with van der Waals surface area (Å²) in [6.45, 7) is 1.77. The van der Waals surface area contributed by atoms with Crippen molar-refractivity contribution in [3.63, 3.8) is 0 Å². The summed E-state index contributed by atoms with van der Waals surface area (Å²) in [5.74, 6) is -0.691. The lowest BCUT2D eigenvalue weighted by molar-refractivity contribution is 0.0600. The van der Waals surface area contributed by atoms with Gasteiger partial charge in [0.2, 0.25) is 0 Å². The van der Waals surface area contributed by atoms with E-state index in [0.29, 0.717) is 27.0 Å². The second-order valence-electron chi connectivity index (χ2n) is 4.28. The minimum atomic E-state index is -0.434. The number of amides is 1. The summed E-state index contributed by atoms with van der Waals surface area (Å²) in [6.07, 6.45) is 1.63. The van der Waals surface area contributed by atoms with Crippen molar-refractivity contribution in [3.8, 4) is 0 Å². The van der Waals surface area contributed by atoms with Crippen LogP contribution < -0.4 is 5.32 Å². The first-order valence-corrected chi connectivity index (χ1v) is 6.93. The molecule has 6 heteroatoms. The highest BCUT2D eigenvalue weighted by molar-refractivity contribution is 9.10. The number of aryl methyl sites for hydroxylation is 1. The molecule has 0 aliphatic carbocycles. The van der Waals surface area contributed by atoms with Crippen LogP contribution in [-0.2, 0) is 4.74 Å². The SMILES string of the molecule is COC(=O)c1ccc(NC(=O)c2cccnc2C)c(Br)c1. The molecule has 5 nitrogen and oxygen atoms in total. The van der Waals surface area contributed by atoms with Crippen LogP contribution in [0, 0.1) is 6.92 Å². The van der Waals surface area contributed by atoms with Crippen LogP contribution in [0.2, 0.25) is 0 Å². The molecule has 0 aliphatic heterocycles. The third kappa shape index (κ3) is 3.46. The number of esters is 1. The number of rotatable bonds is 3. The van der Waals surface area contributed by atoms with Gasteiger partial charge in [-0.25, -0.2) is 4.79 Å². The van der Waals surface area contributed by atoms with Crippen molar-refractivity contribution < 1.29 is 14.3 Å². The molecule has 0 atom stereocenters. The van der Waals surface area contributed by atoms with Crippen LogP contribution in [0.1, 0.15) is 26.4 Å². The van der Waals surface area contributed by atoms with Crippen LogP contribution in [0.3, 0.4) is 0 Å². The van der Waals surface area contributed by atoms with Gasteiger partial charge in [-0.15, -0.1) is 0 Å². The molecular formula is C15H13BrN2O3. The molecule has 2 rings (SSSR count). The fourth-order valence-corrected chi connectivity index (χ4v) is 2.25. The molecule has 0 fully saturated rings. The fourth-order valence-electron chi connectivity index (χ4n) is 1.78. The Hall–Kier alpha value is -2.21. The Bertz CT molecular complexity index is 701. The van der Waals surface area contributed by atoms with Crippen LogP contribution in [0.4, 0.5) is 5.69 Å². The van der Waals surface area contributed by atoms with Gasteiger partial charge in [0, 0.05) is 16.4 Å². The number of carbonyl (C=O) groups excluding carboxylic acids is 2. The van der Waals surface area contributed by atoms with Gasteiger partial charge in [0.15, 0.2) is 0 Å². The van der Waals surface area contributed by atoms with E-state index in [4.69, 9.17) is 0 Å². The van der Waals surface area contributed by atoms with Gasteiger partial charge >= 0.3 is 5.97 Å². The van der Waals surface area contributed by atoms with Crippen molar-refractivity contribution in [2.45, 2.75) is 6.92 Å². The molecule has 0 radical (unpaired) electrons. The lowest BCUT2D eigenvalue weighted by Crippen LogP contribution is -2.14. The summed E-state index contributed by atoms with van der Waals surface area (Å²) in [5, 5.41) is 2.77. The number of ether oxygens (including phenoxy) is 1. The third-order valence-corrected chi connectivity index (χ3v) is 3.55. The topological polar surface area (TPSA) is 68.3 Å². The molecule has 1 heterocycles. The Balaban J connectivity index is 2.22. The van der Waals surface area contributed by atoms with Crippen molar-refractivity contribution in [1.29, 1.82) is 0 Å². The Labute approximate surface area is 130 Å². The maximum atomic E-state index is 12.2. The summed E-state index contributed by atoms with van der Waals surface area (Å²) < 4.78 is 5.24. The first-order chi connectivity index (χ1) is 10.0. The van der Waals surface area contributed by atoms with Gasteiger partial charge < -0.3 is 10.1 Å². The van der Waals surface area contributed by atoms with Crippen molar-refractivity contribution in [3.05, 3.63) is 57.8 Å². The summed E-state index contributed by atoms with van der Waals surface area (Å²) in [5.41, 5.74) is 2.12. The molecule has 0 bridgehead atoms. The van der Waals surface area contributed by atoms with Crippen LogP contribution >= 0.6 is 15.9 Å². The van der Waals surface area contributed by atoms with Gasteiger partial charge in [-0.2, -0.15) is 0 Å². The maximum Gasteiger partial charge on any atom is 0.337 e. The van der Waals surface area contributed by atoms with E-state index in [1.165, 1.54) is 7.11 Å². The Morgan fingerprint density at radius 3 is 2.67 bits per heavy atom. The van der Waals surface area contributed by atoms with Crippen LogP contribution in [0.5, 0.6) is 0 Å². The zero-order valence-corrected chi connectivity index (χ0v) is 13.1. The van der Waals surface area contributed by atoms with Gasteiger partial charge in [0.1, 0.15) is 0 Å². The van der Waals surface area contributed by atoms with E-state index >= 15 is 0 Å². The number of hydrogen-bond donors (Lipinski definition) is 1. The number of pyridine rings is 1. The van der Waals surface area contributed by atoms with Crippen molar-refractivity contribution in [1.82, 2.24) is 4.98 Å². The van der Waals surface area contributed by atoms with Gasteiger partial charge in [-0.3, -0.25) is 9.78 Å². The first kappa shape index (κ1) is 15.2. The van der Waals surface area contributed by atoms with Gasteiger partial charge in [0.25, 0.3) is 5.91 Å². The van der Waals surface area contributed by atoms with Gasteiger partial charge in [0.05, 0.1) is 23.9 Å². The second-order valence-corrected chi connectivity index (χ2v) is 5.13. The molecule has 0 saturated heterocycles. The van der Waals surface area contributed by atoms with Crippen molar-refractivity contribution >= 4 is 33.5 Å². The Morgan fingerprint density at radius 1 is 1.29 bits per heavy atom. The van der Waals surface area contributed by atoms with E-state index < -0.39 is 5.97 Å². The highest BCUT2D eigenvalue weighted by atomic mass is 79.9. The van der Waals surface area contributed by atoms with E-state index in [0.717, 1.165) is 0 Å². The molecule has 1 aromatic heterocycles. The standard InChI is InChI=1S/C15H13BrN2O3/c1-9-11(4-3-7-17-9)14(19)18-13-6-5-10(8-12(13)16)15(20)21-2/h3-8H,1-2H3,(H,18,19). The molecule has 0 spiro atoms. The predicted molar refractivity (Wildman–Crippen MR) is 82.4 cm³/mol. The average Bonchev–Trinajstić information content (AvgIpc) is 2.48. The van der Waals surface area contributed by atoms with E-state index in [2.05, 4.69) is 31.0 Å². The second kappa shape index (κ2) is 6.49. The number of carbonyl (C=O) groups is 2. The van der Waals surface area contributed by atoms with Crippen molar-refractivity contribution in [2.75, 3.05) is 12.4 Å². The molecule has 108 valence electrons. The normalized spacial score (nSPS) is 10.0. The number of halogens is 1. The summed E-state index contributed by atoms with van der Waals surface area (Å²) in [4.78, 5) is 27.7. The molecular weight excluding hydrogens is 336 g/mol. The first-order valence-electron chi connectivity index (χ1n) is 6.13. The quantitative estimate of drug-likeness (QED) is 0.865. The molecule has 0 unspecified atom stereocenters. The largest absolute Gasteiger partial charge is 0.465 e. The van der Waals surface area contributed by atoms with Crippen LogP contribution in [-0.4, -0.2) is 24.0 Å². The maximum absolute atomic E-state index is 12.2. The summed E-state index contributed by atoms with van der Waals surface area (Å²) >= 11 is 3.33. The smallest absolute Gasteiger partial charge is 0.337 e. The monoisotopic (exact) mass is 348 g/mol. The van der Waals surface area contributed by atoms with E-state index in [-0.39, 0.29) is 5.91 Å². The molecule has 1 amide bonds. The van der Waals surface area contributed by atoms with Gasteiger partial charge in [-0.1, -0.05) is 0 Å². The number of benzene rings is 1. The Morgan fingerprint density at radius 2 is 2.05 bits per heavy atom. The van der Waals surface area contributed by atoms with E-state index in [1.807, 2.05) is 0 Å². The highest BCUT2D eigenvalue weighted by Gasteiger charge is 2.13. The zero-order chi connectivity index (χ0) is 15.4. The number of methoxy groups -OCH3 is 1. The number of nitrogens with one attached hydrogen (secondary N) is 1. The predicted octanol–water partition coefficient (Wildman–Crippen LogP) is 3.19. The number of anilines is 1. The summed E-state index contributed by atoms with van der Waals surface area (Å²) in [6, 6.07) is 8.23. The van der Waals surface area contributed by atoms with Crippen LogP contribution in [0.15, 0.2) is 41.0 Å². The molecule has 1 N–H and O–H groups in total. The number of aromatic nitrogens is 1. The molecule has 0 saturated carbocycles. The number of hydrogen-bond acceptors (Lipinski definition) is 4. The molecule has 1 aromatic carbocycles. The lowest BCUT2D eigenvalue weighted by Gasteiger charge is -2.09. The minimum absolute atomic E-state index is 0.257. The zero-order valence-electron chi connectivity index (χ0n) is 11.5. The van der Waals surface area contributed by atoms with Crippen molar-refractivity contribution in [2.24, 2.45) is 0 Å². The van der Waals surface area contributed by atoms with Gasteiger partial charge in [-0.05, 0) is 53.2 Å². The van der Waals surface area contributed by atoms with E-state index in [1.54, 1.807) is 43.5 Å².